The van der Waals surface area contributed by atoms with Crippen LogP contribution in [-0.4, -0.2) is 23.8 Å². The van der Waals surface area contributed by atoms with E-state index in [1.807, 2.05) is 6.20 Å². The average Bonchev–Trinajstić information content (AvgIpc) is 2.55. The van der Waals surface area contributed by atoms with Gasteiger partial charge in [-0.15, -0.1) is 0 Å². The molecule has 0 bridgehead atoms. The van der Waals surface area contributed by atoms with Crippen molar-refractivity contribution >= 4 is 17.4 Å². The monoisotopic (exact) mass is 170 g/mol. The molecular weight excluding hydrogens is 160 g/mol. The van der Waals surface area contributed by atoms with E-state index in [9.17, 15) is 0 Å². The summed E-state index contributed by atoms with van der Waals surface area (Å²) in [5.74, 6) is 1.22. The summed E-state index contributed by atoms with van der Waals surface area (Å²) in [4.78, 5) is 6.57. The molecular formula is C8H11ClN2. The second kappa shape index (κ2) is 2.86. The van der Waals surface area contributed by atoms with Crippen LogP contribution in [0.2, 0.25) is 0 Å². The molecule has 2 heterocycles. The molecule has 0 atom stereocenters. The topological polar surface area (TPSA) is 15.6 Å². The fourth-order valence-electron chi connectivity index (χ4n) is 1.49. The second-order valence-electron chi connectivity index (χ2n) is 2.92. The number of aliphatic imine (C=N–C) groups is 1. The lowest BCUT2D eigenvalue weighted by atomic mass is 10.3. The number of amidine groups is 1. The van der Waals surface area contributed by atoms with Crippen molar-refractivity contribution in [2.24, 2.45) is 4.99 Å². The zero-order valence-electron chi connectivity index (χ0n) is 6.39. The zero-order chi connectivity index (χ0) is 7.68. The zero-order valence-corrected chi connectivity index (χ0v) is 7.14. The van der Waals surface area contributed by atoms with Gasteiger partial charge >= 0.3 is 0 Å². The standard InChI is InChI=1S/C8H11ClN2/c9-7-3-5-11(6-7)8-2-1-4-10-8/h6H,1-5H2. The summed E-state index contributed by atoms with van der Waals surface area (Å²) >= 11 is 5.85. The number of nitrogens with zero attached hydrogens (tertiary/aromatic N) is 2. The highest BCUT2D eigenvalue weighted by molar-refractivity contribution is 6.29. The van der Waals surface area contributed by atoms with Gasteiger partial charge < -0.3 is 4.90 Å². The van der Waals surface area contributed by atoms with Gasteiger partial charge in [0.15, 0.2) is 0 Å². The average molecular weight is 171 g/mol. The van der Waals surface area contributed by atoms with Gasteiger partial charge in [-0.2, -0.15) is 0 Å². The van der Waals surface area contributed by atoms with Gasteiger partial charge in [0.05, 0.1) is 0 Å². The van der Waals surface area contributed by atoms with Crippen molar-refractivity contribution in [3.05, 3.63) is 11.2 Å². The van der Waals surface area contributed by atoms with Crippen LogP contribution in [0.5, 0.6) is 0 Å². The molecule has 2 aliphatic heterocycles. The number of hydrogen-bond acceptors (Lipinski definition) is 2. The van der Waals surface area contributed by atoms with Crippen LogP contribution in [0.4, 0.5) is 0 Å². The molecule has 0 radical (unpaired) electrons. The smallest absolute Gasteiger partial charge is 0.103 e. The molecule has 0 aromatic heterocycles. The molecule has 0 aromatic carbocycles. The van der Waals surface area contributed by atoms with E-state index in [1.165, 1.54) is 12.3 Å². The quantitative estimate of drug-likeness (QED) is 0.543. The first-order valence-corrected chi connectivity index (χ1v) is 4.40. The van der Waals surface area contributed by atoms with Gasteiger partial charge in [-0.25, -0.2) is 0 Å². The molecule has 3 heteroatoms. The van der Waals surface area contributed by atoms with Crippen LogP contribution < -0.4 is 0 Å². The highest BCUT2D eigenvalue weighted by Gasteiger charge is 2.17. The van der Waals surface area contributed by atoms with Crippen molar-refractivity contribution in [2.75, 3.05) is 13.1 Å². The Morgan fingerprint density at radius 3 is 2.91 bits per heavy atom. The lowest BCUT2D eigenvalue weighted by Gasteiger charge is -2.13. The first-order chi connectivity index (χ1) is 5.36. The molecule has 0 N–H and O–H groups in total. The van der Waals surface area contributed by atoms with E-state index in [-0.39, 0.29) is 0 Å². The third-order valence-corrected chi connectivity index (χ3v) is 2.36. The first-order valence-electron chi connectivity index (χ1n) is 4.02. The molecule has 0 aliphatic carbocycles. The summed E-state index contributed by atoms with van der Waals surface area (Å²) in [6.45, 7) is 2.02. The largest absolute Gasteiger partial charge is 0.335 e. The minimum atomic E-state index is 0.958. The molecule has 2 rings (SSSR count). The van der Waals surface area contributed by atoms with E-state index in [0.29, 0.717) is 0 Å². The normalized spacial score (nSPS) is 23.9. The summed E-state index contributed by atoms with van der Waals surface area (Å²) in [6, 6.07) is 0. The van der Waals surface area contributed by atoms with Gasteiger partial charge in [0.2, 0.25) is 0 Å². The molecule has 0 amide bonds. The van der Waals surface area contributed by atoms with E-state index < -0.39 is 0 Å². The van der Waals surface area contributed by atoms with Gasteiger partial charge in [-0.1, -0.05) is 11.6 Å². The summed E-state index contributed by atoms with van der Waals surface area (Å²) < 4.78 is 0. The highest BCUT2D eigenvalue weighted by Crippen LogP contribution is 2.20. The molecule has 0 aromatic rings. The van der Waals surface area contributed by atoms with Crippen LogP contribution in [0.3, 0.4) is 0 Å². The van der Waals surface area contributed by atoms with Crippen molar-refractivity contribution in [3.8, 4) is 0 Å². The Hall–Kier alpha value is -0.500. The third-order valence-electron chi connectivity index (χ3n) is 2.07. The molecule has 60 valence electrons. The SMILES string of the molecule is ClC1=CN(C2=NCCC2)CC1. The van der Waals surface area contributed by atoms with Crippen molar-refractivity contribution in [3.63, 3.8) is 0 Å². The van der Waals surface area contributed by atoms with Gasteiger partial charge in [0.1, 0.15) is 5.84 Å². The fraction of sp³-hybridized carbons (Fsp3) is 0.625. The van der Waals surface area contributed by atoms with Crippen molar-refractivity contribution < 1.29 is 0 Å². The number of hydrogen-bond donors (Lipinski definition) is 0. The van der Waals surface area contributed by atoms with Crippen LogP contribution >= 0.6 is 11.6 Å². The van der Waals surface area contributed by atoms with Crippen LogP contribution in [0.15, 0.2) is 16.2 Å². The molecule has 0 spiro atoms. The van der Waals surface area contributed by atoms with Gasteiger partial charge in [0, 0.05) is 37.2 Å². The molecule has 11 heavy (non-hydrogen) atoms. The van der Waals surface area contributed by atoms with E-state index >= 15 is 0 Å². The Kier molecular flexibility index (Phi) is 1.86. The van der Waals surface area contributed by atoms with E-state index in [4.69, 9.17) is 11.6 Å². The number of rotatable bonds is 0. The maximum absolute atomic E-state index is 5.85. The number of halogens is 1. The maximum atomic E-state index is 5.85. The Morgan fingerprint density at radius 1 is 1.45 bits per heavy atom. The minimum Gasteiger partial charge on any atom is -0.335 e. The maximum Gasteiger partial charge on any atom is 0.103 e. The highest BCUT2D eigenvalue weighted by atomic mass is 35.5. The van der Waals surface area contributed by atoms with Gasteiger partial charge in [0.25, 0.3) is 0 Å². The van der Waals surface area contributed by atoms with Crippen molar-refractivity contribution in [1.29, 1.82) is 0 Å². The summed E-state index contributed by atoms with van der Waals surface area (Å²) in [5.41, 5.74) is 0. The van der Waals surface area contributed by atoms with Crippen LogP contribution in [-0.2, 0) is 0 Å². The predicted octanol–water partition coefficient (Wildman–Crippen LogP) is 1.96. The Labute approximate surface area is 71.6 Å². The van der Waals surface area contributed by atoms with Crippen LogP contribution in [0.1, 0.15) is 19.3 Å². The molecule has 0 saturated carbocycles. The van der Waals surface area contributed by atoms with Crippen LogP contribution in [0.25, 0.3) is 0 Å². The van der Waals surface area contributed by atoms with E-state index in [1.54, 1.807) is 0 Å². The van der Waals surface area contributed by atoms with Gasteiger partial charge in [-0.05, 0) is 6.42 Å². The molecule has 0 saturated heterocycles. The Bertz CT molecular complexity index is 220. The summed E-state index contributed by atoms with van der Waals surface area (Å²) in [7, 11) is 0. The van der Waals surface area contributed by atoms with Crippen molar-refractivity contribution in [1.82, 2.24) is 4.90 Å². The molecule has 2 aliphatic rings. The minimum absolute atomic E-state index is 0.958. The van der Waals surface area contributed by atoms with Crippen LogP contribution in [0, 0.1) is 0 Å². The third kappa shape index (κ3) is 1.41. The lowest BCUT2D eigenvalue weighted by molar-refractivity contribution is 0.592. The predicted molar refractivity (Wildman–Crippen MR) is 46.8 cm³/mol. The second-order valence-corrected chi connectivity index (χ2v) is 3.41. The molecule has 0 unspecified atom stereocenters. The summed E-state index contributed by atoms with van der Waals surface area (Å²) in [5, 5.41) is 0.958. The first kappa shape index (κ1) is 7.17. The summed E-state index contributed by atoms with van der Waals surface area (Å²) in [6.07, 6.45) is 5.32. The van der Waals surface area contributed by atoms with E-state index in [2.05, 4.69) is 9.89 Å². The van der Waals surface area contributed by atoms with Crippen molar-refractivity contribution in [2.45, 2.75) is 19.3 Å². The Balaban J connectivity index is 2.06. The fourth-order valence-corrected chi connectivity index (χ4v) is 1.69. The van der Waals surface area contributed by atoms with Gasteiger partial charge in [-0.3, -0.25) is 4.99 Å². The van der Waals surface area contributed by atoms with E-state index in [0.717, 1.165) is 31.0 Å². The molecule has 0 fully saturated rings. The lowest BCUT2D eigenvalue weighted by Crippen LogP contribution is -2.21. The molecule has 2 nitrogen and oxygen atoms in total. The Morgan fingerprint density at radius 2 is 2.36 bits per heavy atom.